The fourth-order valence-corrected chi connectivity index (χ4v) is 2.38. The molecule has 0 aliphatic carbocycles. The first-order valence-corrected chi connectivity index (χ1v) is 6.51. The van der Waals surface area contributed by atoms with Gasteiger partial charge >= 0.3 is 0 Å². The molecule has 96 valence electrons. The zero-order valence-corrected chi connectivity index (χ0v) is 11.2. The molecule has 0 saturated heterocycles. The van der Waals surface area contributed by atoms with Crippen LogP contribution in [0.4, 0.5) is 0 Å². The zero-order valence-electron chi connectivity index (χ0n) is 11.2. The van der Waals surface area contributed by atoms with Crippen LogP contribution in [-0.2, 0) is 6.54 Å². The minimum atomic E-state index is 0.840. The second-order valence-electron chi connectivity index (χ2n) is 4.84. The van der Waals surface area contributed by atoms with Gasteiger partial charge in [-0.15, -0.1) is 0 Å². The van der Waals surface area contributed by atoms with Crippen LogP contribution in [0.15, 0.2) is 52.9 Å². The first-order chi connectivity index (χ1) is 9.28. The quantitative estimate of drug-likeness (QED) is 0.757. The van der Waals surface area contributed by atoms with Gasteiger partial charge in [0.25, 0.3) is 0 Å². The van der Waals surface area contributed by atoms with E-state index in [9.17, 15) is 0 Å². The predicted molar refractivity (Wildman–Crippen MR) is 79.2 cm³/mol. The van der Waals surface area contributed by atoms with E-state index in [0.717, 1.165) is 23.3 Å². The van der Waals surface area contributed by atoms with E-state index in [0.29, 0.717) is 0 Å². The summed E-state index contributed by atoms with van der Waals surface area (Å²) in [5, 5.41) is 4.35. The molecule has 2 heteroatoms. The van der Waals surface area contributed by atoms with Crippen molar-refractivity contribution in [1.29, 1.82) is 0 Å². The van der Waals surface area contributed by atoms with Crippen molar-refractivity contribution in [3.8, 4) is 11.3 Å². The van der Waals surface area contributed by atoms with Crippen LogP contribution in [0.25, 0.3) is 22.3 Å². The van der Waals surface area contributed by atoms with Gasteiger partial charge in [-0.05, 0) is 37.7 Å². The number of furan rings is 1. The van der Waals surface area contributed by atoms with Crippen LogP contribution in [0.1, 0.15) is 11.1 Å². The molecule has 0 radical (unpaired) electrons. The largest absolute Gasteiger partial charge is 0.456 e. The molecule has 0 spiro atoms. The van der Waals surface area contributed by atoms with E-state index in [1.807, 2.05) is 25.2 Å². The minimum absolute atomic E-state index is 0.840. The van der Waals surface area contributed by atoms with Crippen molar-refractivity contribution in [2.75, 3.05) is 7.05 Å². The average Bonchev–Trinajstić information content (AvgIpc) is 2.84. The van der Waals surface area contributed by atoms with Crippen LogP contribution in [-0.4, -0.2) is 7.05 Å². The summed E-state index contributed by atoms with van der Waals surface area (Å²) in [6, 6.07) is 16.7. The predicted octanol–water partition coefficient (Wildman–Crippen LogP) is 4.13. The first kappa shape index (κ1) is 12.0. The van der Waals surface area contributed by atoms with Crippen LogP contribution in [0.5, 0.6) is 0 Å². The Hall–Kier alpha value is -2.06. The SMILES string of the molecule is CNCc1ccc(C)cc1-c1cc2ccccc2o1. The third kappa shape index (κ3) is 2.27. The number of fused-ring (bicyclic) bond motifs is 1. The number of hydrogen-bond acceptors (Lipinski definition) is 2. The lowest BCUT2D eigenvalue weighted by molar-refractivity contribution is 0.629. The molecule has 0 amide bonds. The Morgan fingerprint density at radius 1 is 1.05 bits per heavy atom. The van der Waals surface area contributed by atoms with Gasteiger partial charge in [0, 0.05) is 17.5 Å². The van der Waals surface area contributed by atoms with Gasteiger partial charge < -0.3 is 9.73 Å². The van der Waals surface area contributed by atoms with Gasteiger partial charge in [-0.1, -0.05) is 35.9 Å². The Morgan fingerprint density at radius 3 is 2.68 bits per heavy atom. The topological polar surface area (TPSA) is 25.2 Å². The van der Waals surface area contributed by atoms with Crippen LogP contribution in [0, 0.1) is 6.92 Å². The number of hydrogen-bond donors (Lipinski definition) is 1. The maximum atomic E-state index is 5.97. The minimum Gasteiger partial charge on any atom is -0.456 e. The van der Waals surface area contributed by atoms with Crippen LogP contribution in [0.3, 0.4) is 0 Å². The monoisotopic (exact) mass is 251 g/mol. The number of rotatable bonds is 3. The van der Waals surface area contributed by atoms with Gasteiger partial charge in [0.15, 0.2) is 0 Å². The summed E-state index contributed by atoms with van der Waals surface area (Å²) in [5.74, 6) is 0.940. The van der Waals surface area contributed by atoms with Gasteiger partial charge in [0.1, 0.15) is 11.3 Å². The van der Waals surface area contributed by atoms with Gasteiger partial charge in [-0.3, -0.25) is 0 Å². The number of aryl methyl sites for hydroxylation is 1. The Labute approximate surface area is 113 Å². The summed E-state index contributed by atoms with van der Waals surface area (Å²) in [7, 11) is 1.96. The van der Waals surface area contributed by atoms with E-state index in [1.165, 1.54) is 16.7 Å². The standard InChI is InChI=1S/C17H17NO/c1-12-7-8-14(11-18-2)15(9-12)17-10-13-5-3-4-6-16(13)19-17/h3-10,18H,11H2,1-2H3. The lowest BCUT2D eigenvalue weighted by Gasteiger charge is -2.08. The number of para-hydroxylation sites is 1. The third-order valence-corrected chi connectivity index (χ3v) is 3.32. The Kier molecular flexibility index (Phi) is 3.10. The van der Waals surface area contributed by atoms with Crippen molar-refractivity contribution in [2.45, 2.75) is 13.5 Å². The molecule has 3 aromatic rings. The summed E-state index contributed by atoms with van der Waals surface area (Å²) >= 11 is 0. The van der Waals surface area contributed by atoms with Crippen LogP contribution in [0.2, 0.25) is 0 Å². The van der Waals surface area contributed by atoms with Crippen molar-refractivity contribution in [2.24, 2.45) is 0 Å². The molecule has 0 fully saturated rings. The third-order valence-electron chi connectivity index (χ3n) is 3.32. The molecule has 0 aliphatic heterocycles. The molecule has 0 bridgehead atoms. The Morgan fingerprint density at radius 2 is 1.89 bits per heavy atom. The van der Waals surface area contributed by atoms with Crippen molar-refractivity contribution in [3.63, 3.8) is 0 Å². The highest BCUT2D eigenvalue weighted by molar-refractivity contribution is 5.83. The summed E-state index contributed by atoms with van der Waals surface area (Å²) in [6.45, 7) is 2.95. The smallest absolute Gasteiger partial charge is 0.135 e. The molecule has 2 nitrogen and oxygen atoms in total. The molecule has 19 heavy (non-hydrogen) atoms. The molecule has 0 aliphatic rings. The van der Waals surface area contributed by atoms with E-state index in [2.05, 4.69) is 42.6 Å². The fraction of sp³-hybridized carbons (Fsp3) is 0.176. The van der Waals surface area contributed by atoms with Crippen molar-refractivity contribution >= 4 is 11.0 Å². The summed E-state index contributed by atoms with van der Waals surface area (Å²) < 4.78 is 5.97. The molecular formula is C17H17NO. The Bertz CT molecular complexity index is 679. The summed E-state index contributed by atoms with van der Waals surface area (Å²) in [6.07, 6.45) is 0. The summed E-state index contributed by atoms with van der Waals surface area (Å²) in [5.41, 5.74) is 4.61. The molecule has 0 atom stereocenters. The maximum absolute atomic E-state index is 5.97. The lowest BCUT2D eigenvalue weighted by atomic mass is 10.0. The number of benzene rings is 2. The van der Waals surface area contributed by atoms with E-state index in [1.54, 1.807) is 0 Å². The van der Waals surface area contributed by atoms with Crippen molar-refractivity contribution in [3.05, 3.63) is 59.7 Å². The van der Waals surface area contributed by atoms with Gasteiger partial charge in [0.05, 0.1) is 0 Å². The first-order valence-electron chi connectivity index (χ1n) is 6.51. The average molecular weight is 251 g/mol. The highest BCUT2D eigenvalue weighted by Gasteiger charge is 2.10. The molecule has 2 aromatic carbocycles. The molecule has 1 heterocycles. The van der Waals surface area contributed by atoms with Gasteiger partial charge in [-0.2, -0.15) is 0 Å². The van der Waals surface area contributed by atoms with E-state index < -0.39 is 0 Å². The highest BCUT2D eigenvalue weighted by atomic mass is 16.3. The lowest BCUT2D eigenvalue weighted by Crippen LogP contribution is -2.06. The van der Waals surface area contributed by atoms with Crippen LogP contribution < -0.4 is 5.32 Å². The van der Waals surface area contributed by atoms with E-state index in [-0.39, 0.29) is 0 Å². The fourth-order valence-electron chi connectivity index (χ4n) is 2.38. The maximum Gasteiger partial charge on any atom is 0.135 e. The molecule has 1 aromatic heterocycles. The molecule has 3 rings (SSSR count). The van der Waals surface area contributed by atoms with Crippen LogP contribution >= 0.6 is 0 Å². The van der Waals surface area contributed by atoms with Gasteiger partial charge in [-0.25, -0.2) is 0 Å². The highest BCUT2D eigenvalue weighted by Crippen LogP contribution is 2.30. The summed E-state index contributed by atoms with van der Waals surface area (Å²) in [4.78, 5) is 0. The molecule has 0 unspecified atom stereocenters. The van der Waals surface area contributed by atoms with E-state index >= 15 is 0 Å². The molecule has 1 N–H and O–H groups in total. The zero-order chi connectivity index (χ0) is 13.2. The van der Waals surface area contributed by atoms with E-state index in [4.69, 9.17) is 4.42 Å². The molecular weight excluding hydrogens is 234 g/mol. The number of nitrogens with one attached hydrogen (secondary N) is 1. The van der Waals surface area contributed by atoms with Gasteiger partial charge in [0.2, 0.25) is 0 Å². The van der Waals surface area contributed by atoms with Crippen molar-refractivity contribution < 1.29 is 4.42 Å². The normalized spacial score (nSPS) is 11.1. The van der Waals surface area contributed by atoms with Crippen molar-refractivity contribution in [1.82, 2.24) is 5.32 Å². The second-order valence-corrected chi connectivity index (χ2v) is 4.84. The second kappa shape index (κ2) is 4.90. The molecule has 0 saturated carbocycles. The Balaban J connectivity index is 2.16.